The van der Waals surface area contributed by atoms with Crippen molar-refractivity contribution in [1.29, 1.82) is 0 Å². The van der Waals surface area contributed by atoms with Crippen LogP contribution in [0.4, 0.5) is 0 Å². The lowest BCUT2D eigenvalue weighted by molar-refractivity contribution is -0.159. The van der Waals surface area contributed by atoms with Gasteiger partial charge in [0.25, 0.3) is 0 Å². The highest BCUT2D eigenvalue weighted by Gasteiger charge is 2.32. The van der Waals surface area contributed by atoms with Crippen LogP contribution in [0.25, 0.3) is 0 Å². The number of nitrogens with one attached hydrogen (secondary N) is 1. The molecule has 0 saturated heterocycles. The van der Waals surface area contributed by atoms with E-state index in [4.69, 9.17) is 4.74 Å². The van der Waals surface area contributed by atoms with Gasteiger partial charge in [0.2, 0.25) is 0 Å². The number of carbonyl (C=O) groups excluding carboxylic acids is 1. The Hall–Kier alpha value is -0.570. The Morgan fingerprint density at radius 2 is 2.00 bits per heavy atom. The number of carbonyl (C=O) groups is 1. The van der Waals surface area contributed by atoms with Crippen molar-refractivity contribution >= 4 is 5.97 Å². The van der Waals surface area contributed by atoms with E-state index in [1.54, 1.807) is 0 Å². The molecule has 0 aliphatic heterocycles. The molecule has 0 bridgehead atoms. The van der Waals surface area contributed by atoms with Gasteiger partial charge in [0, 0.05) is 6.04 Å². The molecular weight excluding hydrogens is 178 g/mol. The number of esters is 1. The van der Waals surface area contributed by atoms with E-state index < -0.39 is 0 Å². The Morgan fingerprint density at radius 1 is 1.36 bits per heavy atom. The van der Waals surface area contributed by atoms with Crippen LogP contribution in [0.3, 0.4) is 0 Å². The second-order valence-corrected chi connectivity index (χ2v) is 5.03. The van der Waals surface area contributed by atoms with Gasteiger partial charge in [-0.1, -0.05) is 0 Å². The van der Waals surface area contributed by atoms with E-state index in [-0.39, 0.29) is 17.5 Å². The van der Waals surface area contributed by atoms with E-state index in [2.05, 4.69) is 5.32 Å². The molecule has 0 aromatic rings. The standard InChI is InChI=1S/C11H21NO2/c1-11(2,3)14-10(13)8-5-6-9(7-8)12-4/h8-9,12H,5-7H2,1-4H3/t8?,9-/m1/s1. The van der Waals surface area contributed by atoms with Gasteiger partial charge < -0.3 is 10.1 Å². The molecule has 82 valence electrons. The Balaban J connectivity index is 2.40. The molecule has 0 heterocycles. The Kier molecular flexibility index (Phi) is 3.53. The SMILES string of the molecule is CN[C@@H]1CCC(C(=O)OC(C)(C)C)C1. The van der Waals surface area contributed by atoms with Crippen molar-refractivity contribution in [2.75, 3.05) is 7.05 Å². The maximum Gasteiger partial charge on any atom is 0.309 e. The van der Waals surface area contributed by atoms with Gasteiger partial charge >= 0.3 is 5.97 Å². The van der Waals surface area contributed by atoms with Crippen molar-refractivity contribution in [2.24, 2.45) is 5.92 Å². The third-order valence-electron chi connectivity index (χ3n) is 2.58. The summed E-state index contributed by atoms with van der Waals surface area (Å²) in [5.41, 5.74) is -0.352. The van der Waals surface area contributed by atoms with Crippen molar-refractivity contribution in [3.8, 4) is 0 Å². The Morgan fingerprint density at radius 3 is 2.43 bits per heavy atom. The van der Waals surface area contributed by atoms with E-state index in [1.807, 2.05) is 27.8 Å². The maximum atomic E-state index is 11.7. The zero-order chi connectivity index (χ0) is 10.8. The van der Waals surface area contributed by atoms with E-state index >= 15 is 0 Å². The van der Waals surface area contributed by atoms with Crippen molar-refractivity contribution in [3.05, 3.63) is 0 Å². The summed E-state index contributed by atoms with van der Waals surface area (Å²) in [6.45, 7) is 5.74. The minimum atomic E-state index is -0.352. The number of hydrogen-bond acceptors (Lipinski definition) is 3. The molecule has 1 aliphatic carbocycles. The zero-order valence-corrected chi connectivity index (χ0v) is 9.59. The third-order valence-corrected chi connectivity index (χ3v) is 2.58. The average Bonchev–Trinajstić information content (AvgIpc) is 2.48. The van der Waals surface area contributed by atoms with Crippen molar-refractivity contribution in [3.63, 3.8) is 0 Å². The first-order valence-corrected chi connectivity index (χ1v) is 5.32. The van der Waals surface area contributed by atoms with E-state index in [1.165, 1.54) is 0 Å². The fourth-order valence-corrected chi connectivity index (χ4v) is 1.84. The molecule has 0 aromatic carbocycles. The molecule has 0 aromatic heterocycles. The smallest absolute Gasteiger partial charge is 0.309 e. The Labute approximate surface area is 86.2 Å². The molecule has 0 radical (unpaired) electrons. The molecule has 3 nitrogen and oxygen atoms in total. The van der Waals surface area contributed by atoms with Crippen LogP contribution in [0.1, 0.15) is 40.0 Å². The van der Waals surface area contributed by atoms with Crippen molar-refractivity contribution < 1.29 is 9.53 Å². The number of ether oxygens (including phenoxy) is 1. The van der Waals surface area contributed by atoms with E-state index in [9.17, 15) is 4.79 Å². The first kappa shape index (κ1) is 11.5. The number of rotatable bonds is 2. The molecule has 2 atom stereocenters. The van der Waals surface area contributed by atoms with Crippen LogP contribution in [0.2, 0.25) is 0 Å². The average molecular weight is 199 g/mol. The van der Waals surface area contributed by atoms with Crippen molar-refractivity contribution in [2.45, 2.75) is 51.7 Å². The fourth-order valence-electron chi connectivity index (χ4n) is 1.84. The van der Waals surface area contributed by atoms with Gasteiger partial charge in [0.05, 0.1) is 5.92 Å². The third kappa shape index (κ3) is 3.29. The van der Waals surface area contributed by atoms with Crippen LogP contribution < -0.4 is 5.32 Å². The van der Waals surface area contributed by atoms with Gasteiger partial charge in [-0.2, -0.15) is 0 Å². The lowest BCUT2D eigenvalue weighted by atomic mass is 10.1. The van der Waals surface area contributed by atoms with Crippen LogP contribution in [-0.2, 0) is 9.53 Å². The van der Waals surface area contributed by atoms with Crippen LogP contribution in [0.5, 0.6) is 0 Å². The largest absolute Gasteiger partial charge is 0.460 e. The summed E-state index contributed by atoms with van der Waals surface area (Å²) >= 11 is 0. The topological polar surface area (TPSA) is 38.3 Å². The minimum Gasteiger partial charge on any atom is -0.460 e. The van der Waals surface area contributed by atoms with Crippen LogP contribution in [0.15, 0.2) is 0 Å². The molecule has 1 fully saturated rings. The van der Waals surface area contributed by atoms with Gasteiger partial charge in [-0.3, -0.25) is 4.79 Å². The minimum absolute atomic E-state index is 0.0322. The predicted molar refractivity (Wildman–Crippen MR) is 56.0 cm³/mol. The molecule has 1 rings (SSSR count). The van der Waals surface area contributed by atoms with Gasteiger partial charge in [-0.25, -0.2) is 0 Å². The molecule has 14 heavy (non-hydrogen) atoms. The molecule has 1 unspecified atom stereocenters. The molecular formula is C11H21NO2. The maximum absolute atomic E-state index is 11.7. The lowest BCUT2D eigenvalue weighted by Gasteiger charge is -2.22. The van der Waals surface area contributed by atoms with Crippen LogP contribution in [-0.4, -0.2) is 24.7 Å². The van der Waals surface area contributed by atoms with Gasteiger partial charge in [0.15, 0.2) is 0 Å². The zero-order valence-electron chi connectivity index (χ0n) is 9.59. The second kappa shape index (κ2) is 4.30. The molecule has 0 amide bonds. The highest BCUT2D eigenvalue weighted by atomic mass is 16.6. The molecule has 1 saturated carbocycles. The summed E-state index contributed by atoms with van der Waals surface area (Å²) in [5, 5.41) is 3.20. The predicted octanol–water partition coefficient (Wildman–Crippen LogP) is 1.72. The first-order valence-electron chi connectivity index (χ1n) is 5.32. The van der Waals surface area contributed by atoms with Gasteiger partial charge in [-0.05, 0) is 47.1 Å². The Bertz CT molecular complexity index is 208. The fraction of sp³-hybridized carbons (Fsp3) is 0.909. The molecule has 3 heteroatoms. The van der Waals surface area contributed by atoms with Crippen LogP contribution in [0, 0.1) is 5.92 Å². The quantitative estimate of drug-likeness (QED) is 0.688. The summed E-state index contributed by atoms with van der Waals surface area (Å²) in [7, 11) is 1.95. The summed E-state index contributed by atoms with van der Waals surface area (Å²) in [5.74, 6) is 0.0712. The highest BCUT2D eigenvalue weighted by Crippen LogP contribution is 2.27. The van der Waals surface area contributed by atoms with Gasteiger partial charge in [0.1, 0.15) is 5.60 Å². The normalized spacial score (nSPS) is 27.7. The first-order chi connectivity index (χ1) is 6.42. The summed E-state index contributed by atoms with van der Waals surface area (Å²) < 4.78 is 5.35. The highest BCUT2D eigenvalue weighted by molar-refractivity contribution is 5.73. The molecule has 1 N–H and O–H groups in total. The van der Waals surface area contributed by atoms with Gasteiger partial charge in [-0.15, -0.1) is 0 Å². The lowest BCUT2D eigenvalue weighted by Crippen LogP contribution is -2.29. The summed E-state index contributed by atoms with van der Waals surface area (Å²) in [4.78, 5) is 11.7. The van der Waals surface area contributed by atoms with Crippen LogP contribution >= 0.6 is 0 Å². The molecule has 0 spiro atoms. The van der Waals surface area contributed by atoms with E-state index in [0.717, 1.165) is 19.3 Å². The monoisotopic (exact) mass is 199 g/mol. The second-order valence-electron chi connectivity index (χ2n) is 5.03. The molecule has 1 aliphatic rings. The van der Waals surface area contributed by atoms with Crippen molar-refractivity contribution in [1.82, 2.24) is 5.32 Å². The summed E-state index contributed by atoms with van der Waals surface area (Å²) in [6, 6.07) is 0.493. The summed E-state index contributed by atoms with van der Waals surface area (Å²) in [6.07, 6.45) is 2.96. The van der Waals surface area contributed by atoms with E-state index in [0.29, 0.717) is 6.04 Å². The number of hydrogen-bond donors (Lipinski definition) is 1.